The first-order valence-electron chi connectivity index (χ1n) is 4.83. The number of hydrogen-bond donors (Lipinski definition) is 1. The SMILES string of the molecule is O=Cc1cn2ccc3ccc(O)cc3c2n1. The molecule has 0 unspecified atom stereocenters. The van der Waals surface area contributed by atoms with Crippen molar-refractivity contribution in [2.75, 3.05) is 0 Å². The van der Waals surface area contributed by atoms with Gasteiger partial charge in [0.05, 0.1) is 0 Å². The molecule has 0 bridgehead atoms. The lowest BCUT2D eigenvalue weighted by Gasteiger charge is -2.00. The summed E-state index contributed by atoms with van der Waals surface area (Å²) in [5.74, 6) is 0.191. The number of benzene rings is 1. The van der Waals surface area contributed by atoms with Crippen LogP contribution in [-0.4, -0.2) is 20.8 Å². The molecule has 0 saturated carbocycles. The number of aromatic hydroxyl groups is 1. The van der Waals surface area contributed by atoms with E-state index in [-0.39, 0.29) is 5.75 Å². The van der Waals surface area contributed by atoms with Gasteiger partial charge in [-0.3, -0.25) is 4.79 Å². The number of pyridine rings is 1. The summed E-state index contributed by atoms with van der Waals surface area (Å²) < 4.78 is 1.77. The van der Waals surface area contributed by atoms with Crippen LogP contribution in [0.1, 0.15) is 10.5 Å². The number of imidazole rings is 1. The second-order valence-corrected chi connectivity index (χ2v) is 3.60. The Morgan fingerprint density at radius 1 is 1.31 bits per heavy atom. The number of aldehydes is 1. The van der Waals surface area contributed by atoms with Crippen LogP contribution in [0.4, 0.5) is 0 Å². The zero-order valence-corrected chi connectivity index (χ0v) is 8.29. The van der Waals surface area contributed by atoms with E-state index in [1.165, 1.54) is 0 Å². The Hall–Kier alpha value is -2.36. The third-order valence-electron chi connectivity index (χ3n) is 2.56. The number of fused-ring (bicyclic) bond motifs is 3. The first kappa shape index (κ1) is 8.91. The average Bonchev–Trinajstić information content (AvgIpc) is 2.72. The van der Waals surface area contributed by atoms with Crippen LogP contribution in [0, 0.1) is 0 Å². The second kappa shape index (κ2) is 3.06. The van der Waals surface area contributed by atoms with Gasteiger partial charge < -0.3 is 9.51 Å². The summed E-state index contributed by atoms with van der Waals surface area (Å²) in [5, 5.41) is 11.3. The summed E-state index contributed by atoms with van der Waals surface area (Å²) >= 11 is 0. The molecular weight excluding hydrogens is 204 g/mol. The minimum atomic E-state index is 0.191. The van der Waals surface area contributed by atoms with Crippen LogP contribution in [0.15, 0.2) is 36.7 Å². The summed E-state index contributed by atoms with van der Waals surface area (Å²) in [6.07, 6.45) is 4.21. The van der Waals surface area contributed by atoms with E-state index in [1.807, 2.05) is 18.3 Å². The number of phenols is 1. The van der Waals surface area contributed by atoms with E-state index in [1.54, 1.807) is 22.7 Å². The fraction of sp³-hybridized carbons (Fsp3) is 0. The van der Waals surface area contributed by atoms with Crippen LogP contribution in [-0.2, 0) is 0 Å². The maximum atomic E-state index is 10.7. The highest BCUT2D eigenvalue weighted by Crippen LogP contribution is 2.23. The monoisotopic (exact) mass is 212 g/mol. The van der Waals surface area contributed by atoms with Crippen molar-refractivity contribution in [2.45, 2.75) is 0 Å². The first-order chi connectivity index (χ1) is 7.78. The quantitative estimate of drug-likeness (QED) is 0.628. The topological polar surface area (TPSA) is 54.6 Å². The molecule has 78 valence electrons. The largest absolute Gasteiger partial charge is 0.508 e. The third-order valence-corrected chi connectivity index (χ3v) is 2.56. The van der Waals surface area contributed by atoms with Crippen molar-refractivity contribution in [1.82, 2.24) is 9.38 Å². The van der Waals surface area contributed by atoms with Crippen molar-refractivity contribution >= 4 is 22.7 Å². The predicted molar refractivity (Wildman–Crippen MR) is 59.8 cm³/mol. The van der Waals surface area contributed by atoms with Gasteiger partial charge >= 0.3 is 0 Å². The molecule has 0 aliphatic rings. The Balaban J connectivity index is 2.50. The van der Waals surface area contributed by atoms with Gasteiger partial charge in [-0.05, 0) is 23.6 Å². The normalized spacial score (nSPS) is 11.0. The summed E-state index contributed by atoms with van der Waals surface area (Å²) in [6.45, 7) is 0. The molecule has 2 aromatic heterocycles. The maximum Gasteiger partial charge on any atom is 0.170 e. The molecular formula is C12H8N2O2. The van der Waals surface area contributed by atoms with Gasteiger partial charge in [0, 0.05) is 17.8 Å². The standard InChI is InChI=1S/C12H8N2O2/c15-7-9-6-14-4-3-8-1-2-10(16)5-11(8)12(14)13-9/h1-7,16H. The zero-order chi connectivity index (χ0) is 11.1. The van der Waals surface area contributed by atoms with E-state index in [2.05, 4.69) is 4.98 Å². The third kappa shape index (κ3) is 1.16. The Morgan fingerprint density at radius 3 is 3.00 bits per heavy atom. The fourth-order valence-electron chi connectivity index (χ4n) is 1.83. The number of phenolic OH excluding ortho intramolecular Hbond substituents is 1. The molecule has 0 saturated heterocycles. The molecule has 0 aliphatic carbocycles. The Morgan fingerprint density at radius 2 is 2.19 bits per heavy atom. The van der Waals surface area contributed by atoms with Crippen molar-refractivity contribution in [3.8, 4) is 5.75 Å². The van der Waals surface area contributed by atoms with Gasteiger partial charge in [-0.2, -0.15) is 0 Å². The summed E-state index contributed by atoms with van der Waals surface area (Å²) in [5.41, 5.74) is 1.06. The average molecular weight is 212 g/mol. The van der Waals surface area contributed by atoms with Gasteiger partial charge in [0.2, 0.25) is 0 Å². The molecule has 0 radical (unpaired) electrons. The van der Waals surface area contributed by atoms with Gasteiger partial charge in [0.1, 0.15) is 17.1 Å². The van der Waals surface area contributed by atoms with Gasteiger partial charge in [-0.1, -0.05) is 6.07 Å². The van der Waals surface area contributed by atoms with E-state index >= 15 is 0 Å². The number of carbonyl (C=O) groups is 1. The highest BCUT2D eigenvalue weighted by atomic mass is 16.3. The Labute approximate surface area is 90.8 Å². The number of rotatable bonds is 1. The lowest BCUT2D eigenvalue weighted by atomic mass is 10.1. The van der Waals surface area contributed by atoms with Crippen molar-refractivity contribution in [3.05, 3.63) is 42.4 Å². The molecule has 16 heavy (non-hydrogen) atoms. The molecule has 2 heterocycles. The minimum Gasteiger partial charge on any atom is -0.508 e. The molecule has 1 aromatic carbocycles. The minimum absolute atomic E-state index is 0.191. The Bertz CT molecular complexity index is 701. The molecule has 1 N–H and O–H groups in total. The molecule has 4 heteroatoms. The van der Waals surface area contributed by atoms with Crippen LogP contribution in [0.2, 0.25) is 0 Å². The molecule has 3 aromatic rings. The fourth-order valence-corrected chi connectivity index (χ4v) is 1.83. The number of carbonyl (C=O) groups excluding carboxylic acids is 1. The van der Waals surface area contributed by atoms with Crippen molar-refractivity contribution in [1.29, 1.82) is 0 Å². The van der Waals surface area contributed by atoms with Crippen LogP contribution in [0.5, 0.6) is 5.75 Å². The highest BCUT2D eigenvalue weighted by Gasteiger charge is 2.05. The van der Waals surface area contributed by atoms with Crippen molar-refractivity contribution in [3.63, 3.8) is 0 Å². The molecule has 0 amide bonds. The van der Waals surface area contributed by atoms with Gasteiger partial charge in [0.25, 0.3) is 0 Å². The van der Waals surface area contributed by atoms with E-state index in [9.17, 15) is 9.90 Å². The van der Waals surface area contributed by atoms with Crippen molar-refractivity contribution in [2.24, 2.45) is 0 Å². The molecule has 0 aliphatic heterocycles. The van der Waals surface area contributed by atoms with Crippen LogP contribution >= 0.6 is 0 Å². The molecule has 3 rings (SSSR count). The molecule has 4 nitrogen and oxygen atoms in total. The van der Waals surface area contributed by atoms with Gasteiger partial charge in [0.15, 0.2) is 6.29 Å². The predicted octanol–water partition coefficient (Wildman–Crippen LogP) is 2.01. The Kier molecular flexibility index (Phi) is 1.71. The smallest absolute Gasteiger partial charge is 0.170 e. The summed E-state index contributed by atoms with van der Waals surface area (Å²) in [7, 11) is 0. The molecule has 0 fully saturated rings. The van der Waals surface area contributed by atoms with E-state index in [0.29, 0.717) is 17.6 Å². The number of aromatic nitrogens is 2. The molecule has 0 atom stereocenters. The van der Waals surface area contributed by atoms with Crippen LogP contribution < -0.4 is 0 Å². The summed E-state index contributed by atoms with van der Waals surface area (Å²) in [6, 6.07) is 7.01. The van der Waals surface area contributed by atoms with Gasteiger partial charge in [-0.15, -0.1) is 0 Å². The van der Waals surface area contributed by atoms with Crippen molar-refractivity contribution < 1.29 is 9.90 Å². The van der Waals surface area contributed by atoms with Crippen LogP contribution in [0.3, 0.4) is 0 Å². The second-order valence-electron chi connectivity index (χ2n) is 3.60. The van der Waals surface area contributed by atoms with Gasteiger partial charge in [-0.25, -0.2) is 4.98 Å². The van der Waals surface area contributed by atoms with E-state index in [0.717, 1.165) is 10.8 Å². The lowest BCUT2D eigenvalue weighted by Crippen LogP contribution is -1.84. The van der Waals surface area contributed by atoms with E-state index < -0.39 is 0 Å². The lowest BCUT2D eigenvalue weighted by molar-refractivity contribution is 0.111. The highest BCUT2D eigenvalue weighted by molar-refractivity contribution is 5.95. The van der Waals surface area contributed by atoms with E-state index in [4.69, 9.17) is 0 Å². The molecule has 0 spiro atoms. The maximum absolute atomic E-state index is 10.7. The zero-order valence-electron chi connectivity index (χ0n) is 8.29. The van der Waals surface area contributed by atoms with Crippen LogP contribution in [0.25, 0.3) is 16.4 Å². The number of nitrogens with zero attached hydrogens (tertiary/aromatic N) is 2. The first-order valence-corrected chi connectivity index (χ1v) is 4.83. The number of hydrogen-bond acceptors (Lipinski definition) is 3. The summed E-state index contributed by atoms with van der Waals surface area (Å²) in [4.78, 5) is 14.8.